The van der Waals surface area contributed by atoms with Gasteiger partial charge in [-0.15, -0.1) is 12.4 Å². The molecule has 1 aliphatic rings. The Kier molecular flexibility index (Phi) is 4.73. The van der Waals surface area contributed by atoms with Crippen LogP contribution in [0.15, 0.2) is 24.3 Å². The largest absolute Gasteiger partial charge is 0.494 e. The third kappa shape index (κ3) is 3.14. The molecular weight excluding hydrogens is 260 g/mol. The van der Waals surface area contributed by atoms with Crippen LogP contribution in [0.5, 0.6) is 0 Å². The van der Waals surface area contributed by atoms with E-state index in [1.165, 1.54) is 0 Å². The van der Waals surface area contributed by atoms with Gasteiger partial charge in [-0.05, 0) is 45.6 Å². The monoisotopic (exact) mass is 283 g/mol. The first-order chi connectivity index (χ1) is 8.23. The van der Waals surface area contributed by atoms with E-state index in [-0.39, 0.29) is 36.8 Å². The van der Waals surface area contributed by atoms with E-state index < -0.39 is 0 Å². The van der Waals surface area contributed by atoms with Crippen molar-refractivity contribution in [3.05, 3.63) is 29.8 Å². The van der Waals surface area contributed by atoms with E-state index in [4.69, 9.17) is 15.0 Å². The molecule has 2 rings (SSSR count). The summed E-state index contributed by atoms with van der Waals surface area (Å²) in [7, 11) is -0.294. The van der Waals surface area contributed by atoms with E-state index in [0.29, 0.717) is 0 Å². The first kappa shape index (κ1) is 16.5. The van der Waals surface area contributed by atoms with Crippen molar-refractivity contribution >= 4 is 25.0 Å². The van der Waals surface area contributed by atoms with Crippen LogP contribution in [0, 0.1) is 0 Å². The molecule has 1 saturated heterocycles. The van der Waals surface area contributed by atoms with Gasteiger partial charge in [0.15, 0.2) is 0 Å². The van der Waals surface area contributed by atoms with Gasteiger partial charge in [0.25, 0.3) is 0 Å². The van der Waals surface area contributed by atoms with Gasteiger partial charge in [0.1, 0.15) is 0 Å². The maximum atomic E-state index is 6.00. The van der Waals surface area contributed by atoms with E-state index in [9.17, 15) is 0 Å². The molecule has 0 aromatic heterocycles. The van der Waals surface area contributed by atoms with Crippen molar-refractivity contribution in [2.24, 2.45) is 5.73 Å². The lowest BCUT2D eigenvalue weighted by Crippen LogP contribution is -2.41. The molecule has 1 aliphatic heterocycles. The lowest BCUT2D eigenvalue weighted by atomic mass is 9.78. The van der Waals surface area contributed by atoms with Crippen LogP contribution in [0.25, 0.3) is 0 Å². The fourth-order valence-electron chi connectivity index (χ4n) is 1.94. The van der Waals surface area contributed by atoms with Crippen LogP contribution >= 0.6 is 12.4 Å². The van der Waals surface area contributed by atoms with Crippen LogP contribution in [0.1, 0.15) is 46.2 Å². The van der Waals surface area contributed by atoms with Crippen molar-refractivity contribution in [1.82, 2.24) is 0 Å². The predicted molar refractivity (Wildman–Crippen MR) is 82.0 cm³/mol. The molecule has 0 saturated carbocycles. The summed E-state index contributed by atoms with van der Waals surface area (Å²) in [5.74, 6) is 0. The highest BCUT2D eigenvalue weighted by Crippen LogP contribution is 2.36. The lowest BCUT2D eigenvalue weighted by Gasteiger charge is -2.32. The average Bonchev–Trinajstić information content (AvgIpc) is 2.48. The highest BCUT2D eigenvalue weighted by molar-refractivity contribution is 6.62. The molecule has 0 bridgehead atoms. The highest BCUT2D eigenvalue weighted by Gasteiger charge is 2.51. The second-order valence-corrected chi connectivity index (χ2v) is 6.04. The van der Waals surface area contributed by atoms with E-state index >= 15 is 0 Å². The first-order valence-corrected chi connectivity index (χ1v) is 6.44. The van der Waals surface area contributed by atoms with Crippen molar-refractivity contribution < 1.29 is 9.31 Å². The highest BCUT2D eigenvalue weighted by atomic mass is 35.5. The molecule has 1 atom stereocenters. The molecule has 2 N–H and O–H groups in total. The Labute approximate surface area is 122 Å². The van der Waals surface area contributed by atoms with Crippen LogP contribution in [0.4, 0.5) is 0 Å². The summed E-state index contributed by atoms with van der Waals surface area (Å²) in [5.41, 5.74) is 7.41. The molecular formula is C14H23BClNO2. The zero-order valence-corrected chi connectivity index (χ0v) is 13.1. The summed E-state index contributed by atoms with van der Waals surface area (Å²) in [6.45, 7) is 10.2. The minimum absolute atomic E-state index is 0. The van der Waals surface area contributed by atoms with Crippen LogP contribution in [0.3, 0.4) is 0 Å². The molecule has 0 spiro atoms. The first-order valence-electron chi connectivity index (χ1n) is 6.44. The molecule has 19 heavy (non-hydrogen) atoms. The molecule has 3 nitrogen and oxygen atoms in total. The van der Waals surface area contributed by atoms with Gasteiger partial charge in [0, 0.05) is 6.04 Å². The molecule has 5 heteroatoms. The Hall–Kier alpha value is -0.545. The fraction of sp³-hybridized carbons (Fsp3) is 0.571. The van der Waals surface area contributed by atoms with E-state index in [0.717, 1.165) is 11.0 Å². The fourth-order valence-corrected chi connectivity index (χ4v) is 1.94. The van der Waals surface area contributed by atoms with E-state index in [1.807, 2.05) is 31.2 Å². The zero-order valence-electron chi connectivity index (χ0n) is 12.3. The number of hydrogen-bond acceptors (Lipinski definition) is 3. The summed E-state index contributed by atoms with van der Waals surface area (Å²) in [6.07, 6.45) is 0. The SMILES string of the molecule is C[C@@H](N)c1ccc(B2OC(C)(C)C(C)(C)O2)cc1.Cl. The summed E-state index contributed by atoms with van der Waals surface area (Å²) in [5, 5.41) is 0. The minimum Gasteiger partial charge on any atom is -0.399 e. The Morgan fingerprint density at radius 1 is 1.00 bits per heavy atom. The second-order valence-electron chi connectivity index (χ2n) is 6.04. The predicted octanol–water partition coefficient (Wildman–Crippen LogP) is 2.43. The standard InChI is InChI=1S/C14H22BNO2.ClH/c1-10(16)11-6-8-12(9-7-11)15-17-13(2,3)14(4,5)18-15;/h6-10H,16H2,1-5H3;1H/t10-;/m1./s1. The normalized spacial score (nSPS) is 21.9. The molecule has 0 radical (unpaired) electrons. The number of rotatable bonds is 2. The van der Waals surface area contributed by atoms with Crippen LogP contribution < -0.4 is 11.2 Å². The number of nitrogens with two attached hydrogens (primary N) is 1. The van der Waals surface area contributed by atoms with Crippen LogP contribution in [-0.4, -0.2) is 18.3 Å². The third-order valence-corrected chi connectivity index (χ3v) is 3.99. The Bertz CT molecular complexity index is 416. The molecule has 106 valence electrons. The van der Waals surface area contributed by atoms with Crippen LogP contribution in [0.2, 0.25) is 0 Å². The number of hydrogen-bond donors (Lipinski definition) is 1. The van der Waals surface area contributed by atoms with Gasteiger partial charge in [-0.25, -0.2) is 0 Å². The Balaban J connectivity index is 0.00000180. The quantitative estimate of drug-likeness (QED) is 0.848. The van der Waals surface area contributed by atoms with Gasteiger partial charge < -0.3 is 15.0 Å². The maximum Gasteiger partial charge on any atom is 0.494 e. The summed E-state index contributed by atoms with van der Waals surface area (Å²) in [4.78, 5) is 0. The van der Waals surface area contributed by atoms with Gasteiger partial charge in [0.05, 0.1) is 11.2 Å². The number of benzene rings is 1. The van der Waals surface area contributed by atoms with Gasteiger partial charge in [-0.2, -0.15) is 0 Å². The van der Waals surface area contributed by atoms with E-state index in [2.05, 4.69) is 27.7 Å². The van der Waals surface area contributed by atoms with Crippen LogP contribution in [-0.2, 0) is 9.31 Å². The number of halogens is 1. The molecule has 0 unspecified atom stereocenters. The van der Waals surface area contributed by atoms with Gasteiger partial charge in [0.2, 0.25) is 0 Å². The Morgan fingerprint density at radius 3 is 1.79 bits per heavy atom. The van der Waals surface area contributed by atoms with Crippen molar-refractivity contribution in [2.75, 3.05) is 0 Å². The lowest BCUT2D eigenvalue weighted by molar-refractivity contribution is 0.00578. The molecule has 1 aromatic rings. The van der Waals surface area contributed by atoms with Gasteiger partial charge in [-0.1, -0.05) is 24.3 Å². The molecule has 0 aliphatic carbocycles. The maximum absolute atomic E-state index is 6.00. The Morgan fingerprint density at radius 2 is 1.42 bits per heavy atom. The van der Waals surface area contributed by atoms with Gasteiger partial charge in [-0.3, -0.25) is 0 Å². The van der Waals surface area contributed by atoms with Crippen molar-refractivity contribution in [2.45, 2.75) is 51.9 Å². The molecule has 1 heterocycles. The molecule has 0 amide bonds. The zero-order chi connectivity index (χ0) is 13.6. The van der Waals surface area contributed by atoms with E-state index in [1.54, 1.807) is 0 Å². The third-order valence-electron chi connectivity index (χ3n) is 3.99. The molecule has 1 fully saturated rings. The van der Waals surface area contributed by atoms with Crippen molar-refractivity contribution in [3.63, 3.8) is 0 Å². The molecule has 1 aromatic carbocycles. The van der Waals surface area contributed by atoms with Gasteiger partial charge >= 0.3 is 7.12 Å². The second kappa shape index (κ2) is 5.45. The summed E-state index contributed by atoms with van der Waals surface area (Å²) >= 11 is 0. The van der Waals surface area contributed by atoms with Crippen molar-refractivity contribution in [3.8, 4) is 0 Å². The summed E-state index contributed by atoms with van der Waals surface area (Å²) in [6, 6.07) is 8.18. The topological polar surface area (TPSA) is 44.5 Å². The average molecular weight is 284 g/mol. The summed E-state index contributed by atoms with van der Waals surface area (Å²) < 4.78 is 12.0. The van der Waals surface area contributed by atoms with Crippen molar-refractivity contribution in [1.29, 1.82) is 0 Å². The smallest absolute Gasteiger partial charge is 0.399 e. The minimum atomic E-state index is -0.294.